The number of para-hydroxylation sites is 2. The van der Waals surface area contributed by atoms with Crippen molar-refractivity contribution in [2.75, 3.05) is 25.6 Å². The highest BCUT2D eigenvalue weighted by atomic mass is 16.5. The quantitative estimate of drug-likeness (QED) is 0.775. The van der Waals surface area contributed by atoms with Gasteiger partial charge in [-0.2, -0.15) is 0 Å². The summed E-state index contributed by atoms with van der Waals surface area (Å²) < 4.78 is 10.5. The summed E-state index contributed by atoms with van der Waals surface area (Å²) >= 11 is 0. The van der Waals surface area contributed by atoms with E-state index >= 15 is 0 Å². The van der Waals surface area contributed by atoms with Gasteiger partial charge < -0.3 is 20.1 Å². The molecule has 0 spiro atoms. The second kappa shape index (κ2) is 7.64. The summed E-state index contributed by atoms with van der Waals surface area (Å²) in [6.07, 6.45) is 1.83. The lowest BCUT2D eigenvalue weighted by Gasteiger charge is -2.12. The molecular formula is C15H20N2O4. The standard InChI is InChI=1S/C15H20N2O4/c1-20-13-7-3-2-6-12(13)17-15(19)9-14(18)16-10-11-5-4-8-21-11/h2-3,6-7,11H,4-5,8-10H2,1H3,(H,16,18)(H,17,19). The van der Waals surface area contributed by atoms with Crippen molar-refractivity contribution >= 4 is 17.5 Å². The third-order valence-corrected chi connectivity index (χ3v) is 3.25. The number of rotatable bonds is 6. The molecule has 2 rings (SSSR count). The Hall–Kier alpha value is -2.08. The molecule has 0 radical (unpaired) electrons. The van der Waals surface area contributed by atoms with E-state index in [4.69, 9.17) is 9.47 Å². The summed E-state index contributed by atoms with van der Waals surface area (Å²) in [5.41, 5.74) is 0.553. The first kappa shape index (κ1) is 15.3. The largest absolute Gasteiger partial charge is 0.495 e. The van der Waals surface area contributed by atoms with Crippen LogP contribution in [0, 0.1) is 0 Å². The Morgan fingerprint density at radius 3 is 2.86 bits per heavy atom. The molecule has 1 saturated heterocycles. The first-order valence-corrected chi connectivity index (χ1v) is 7.00. The van der Waals surface area contributed by atoms with Gasteiger partial charge in [-0.25, -0.2) is 0 Å². The molecule has 1 atom stereocenters. The van der Waals surface area contributed by atoms with Gasteiger partial charge in [-0.1, -0.05) is 12.1 Å². The Morgan fingerprint density at radius 1 is 1.33 bits per heavy atom. The fraction of sp³-hybridized carbons (Fsp3) is 0.467. The average molecular weight is 292 g/mol. The molecular weight excluding hydrogens is 272 g/mol. The molecule has 6 nitrogen and oxygen atoms in total. The normalized spacial score (nSPS) is 17.3. The van der Waals surface area contributed by atoms with E-state index in [0.717, 1.165) is 19.4 Å². The molecule has 0 bridgehead atoms. The smallest absolute Gasteiger partial charge is 0.233 e. The number of carbonyl (C=O) groups is 2. The van der Waals surface area contributed by atoms with E-state index in [1.165, 1.54) is 7.11 Å². The van der Waals surface area contributed by atoms with Crippen LogP contribution in [0.25, 0.3) is 0 Å². The lowest BCUT2D eigenvalue weighted by atomic mass is 10.2. The summed E-state index contributed by atoms with van der Waals surface area (Å²) in [6, 6.07) is 7.06. The van der Waals surface area contributed by atoms with Crippen LogP contribution in [0.4, 0.5) is 5.69 Å². The van der Waals surface area contributed by atoms with Crippen molar-refractivity contribution in [2.45, 2.75) is 25.4 Å². The maximum absolute atomic E-state index is 11.8. The lowest BCUT2D eigenvalue weighted by molar-refractivity contribution is -0.127. The number of nitrogens with one attached hydrogen (secondary N) is 2. The molecule has 1 aliphatic rings. The molecule has 0 aliphatic carbocycles. The maximum Gasteiger partial charge on any atom is 0.233 e. The zero-order chi connectivity index (χ0) is 15.1. The zero-order valence-corrected chi connectivity index (χ0v) is 12.1. The highest BCUT2D eigenvalue weighted by Gasteiger charge is 2.17. The van der Waals surface area contributed by atoms with Gasteiger partial charge in [0.15, 0.2) is 0 Å². The number of carbonyl (C=O) groups excluding carboxylic acids is 2. The Kier molecular flexibility index (Phi) is 5.57. The molecule has 1 aromatic carbocycles. The van der Waals surface area contributed by atoms with Gasteiger partial charge in [0, 0.05) is 13.2 Å². The summed E-state index contributed by atoms with van der Waals surface area (Å²) in [4.78, 5) is 23.5. The minimum atomic E-state index is -0.371. The van der Waals surface area contributed by atoms with E-state index < -0.39 is 0 Å². The number of anilines is 1. The summed E-state index contributed by atoms with van der Waals surface area (Å²) in [6.45, 7) is 1.20. The molecule has 1 fully saturated rings. The number of benzene rings is 1. The van der Waals surface area contributed by atoms with Crippen LogP contribution in [0.3, 0.4) is 0 Å². The Labute approximate surface area is 123 Å². The molecule has 2 N–H and O–H groups in total. The monoisotopic (exact) mass is 292 g/mol. The van der Waals surface area contributed by atoms with Crippen molar-refractivity contribution < 1.29 is 19.1 Å². The molecule has 2 amide bonds. The third kappa shape index (κ3) is 4.75. The van der Waals surface area contributed by atoms with E-state index in [9.17, 15) is 9.59 Å². The molecule has 6 heteroatoms. The summed E-state index contributed by atoms with van der Waals surface area (Å²) in [5, 5.41) is 5.38. The fourth-order valence-electron chi connectivity index (χ4n) is 2.18. The van der Waals surface area contributed by atoms with E-state index in [1.54, 1.807) is 18.2 Å². The fourth-order valence-corrected chi connectivity index (χ4v) is 2.18. The SMILES string of the molecule is COc1ccccc1NC(=O)CC(=O)NCC1CCCO1. The van der Waals surface area contributed by atoms with E-state index in [-0.39, 0.29) is 24.3 Å². The highest BCUT2D eigenvalue weighted by molar-refractivity contribution is 6.04. The molecule has 1 heterocycles. The Bertz CT molecular complexity index is 498. The van der Waals surface area contributed by atoms with Gasteiger partial charge in [-0.05, 0) is 25.0 Å². The predicted octanol–water partition coefficient (Wildman–Crippen LogP) is 1.32. The first-order chi connectivity index (χ1) is 10.2. The number of amides is 2. The molecule has 0 saturated carbocycles. The van der Waals surface area contributed by atoms with Gasteiger partial charge in [0.25, 0.3) is 0 Å². The number of hydrogen-bond donors (Lipinski definition) is 2. The summed E-state index contributed by atoms with van der Waals surface area (Å²) in [5.74, 6) is -0.118. The Balaban J connectivity index is 1.76. The number of methoxy groups -OCH3 is 1. The van der Waals surface area contributed by atoms with Crippen molar-refractivity contribution in [3.05, 3.63) is 24.3 Å². The minimum Gasteiger partial charge on any atom is -0.495 e. The first-order valence-electron chi connectivity index (χ1n) is 7.00. The van der Waals surface area contributed by atoms with Crippen molar-refractivity contribution in [3.8, 4) is 5.75 Å². The molecule has 1 aromatic rings. The van der Waals surface area contributed by atoms with E-state index in [1.807, 2.05) is 6.07 Å². The van der Waals surface area contributed by atoms with Crippen LogP contribution in [0.1, 0.15) is 19.3 Å². The minimum absolute atomic E-state index is 0.0752. The van der Waals surface area contributed by atoms with Crippen molar-refractivity contribution in [1.82, 2.24) is 5.32 Å². The highest BCUT2D eigenvalue weighted by Crippen LogP contribution is 2.22. The van der Waals surface area contributed by atoms with Crippen LogP contribution in [-0.2, 0) is 14.3 Å². The predicted molar refractivity (Wildman–Crippen MR) is 78.2 cm³/mol. The molecule has 0 aromatic heterocycles. The number of ether oxygens (including phenoxy) is 2. The van der Waals surface area contributed by atoms with Gasteiger partial charge in [0.2, 0.25) is 11.8 Å². The van der Waals surface area contributed by atoms with Crippen LogP contribution < -0.4 is 15.4 Å². The van der Waals surface area contributed by atoms with Crippen molar-refractivity contribution in [1.29, 1.82) is 0 Å². The van der Waals surface area contributed by atoms with Crippen LogP contribution in [0.15, 0.2) is 24.3 Å². The lowest BCUT2D eigenvalue weighted by Crippen LogP contribution is -2.34. The second-order valence-corrected chi connectivity index (χ2v) is 4.86. The van der Waals surface area contributed by atoms with E-state index in [2.05, 4.69) is 10.6 Å². The Morgan fingerprint density at radius 2 is 2.14 bits per heavy atom. The van der Waals surface area contributed by atoms with Crippen LogP contribution in [0.2, 0.25) is 0 Å². The van der Waals surface area contributed by atoms with Gasteiger partial charge in [0.05, 0.1) is 18.9 Å². The van der Waals surface area contributed by atoms with Gasteiger partial charge in [-0.3, -0.25) is 9.59 Å². The molecule has 21 heavy (non-hydrogen) atoms. The van der Waals surface area contributed by atoms with Crippen LogP contribution in [0.5, 0.6) is 5.75 Å². The average Bonchev–Trinajstić information content (AvgIpc) is 2.99. The van der Waals surface area contributed by atoms with Crippen LogP contribution in [-0.4, -0.2) is 38.2 Å². The molecule has 114 valence electrons. The number of hydrogen-bond acceptors (Lipinski definition) is 4. The van der Waals surface area contributed by atoms with E-state index in [0.29, 0.717) is 18.0 Å². The van der Waals surface area contributed by atoms with Crippen molar-refractivity contribution in [2.24, 2.45) is 0 Å². The molecule has 1 aliphatic heterocycles. The van der Waals surface area contributed by atoms with Crippen molar-refractivity contribution in [3.63, 3.8) is 0 Å². The summed E-state index contributed by atoms with van der Waals surface area (Å²) in [7, 11) is 1.53. The maximum atomic E-state index is 11.8. The van der Waals surface area contributed by atoms with Gasteiger partial charge in [-0.15, -0.1) is 0 Å². The second-order valence-electron chi connectivity index (χ2n) is 4.86. The topological polar surface area (TPSA) is 76.7 Å². The van der Waals surface area contributed by atoms with Gasteiger partial charge in [0.1, 0.15) is 12.2 Å². The molecule has 1 unspecified atom stereocenters. The zero-order valence-electron chi connectivity index (χ0n) is 12.1. The third-order valence-electron chi connectivity index (χ3n) is 3.25. The van der Waals surface area contributed by atoms with Gasteiger partial charge >= 0.3 is 0 Å². The van der Waals surface area contributed by atoms with Crippen LogP contribution >= 0.6 is 0 Å².